The van der Waals surface area contributed by atoms with Crippen molar-refractivity contribution < 1.29 is 0 Å². The van der Waals surface area contributed by atoms with E-state index in [1.54, 1.807) is 0 Å². The molecule has 0 radical (unpaired) electrons. The standard InChI is InChI=1S/C8H18N2/c1-8(2,3)6-7-9-4-5-10-7/h7,9-10H,4-6H2,1-3H3. The van der Waals surface area contributed by atoms with Crippen LogP contribution in [0.1, 0.15) is 27.2 Å². The average molecular weight is 142 g/mol. The maximum atomic E-state index is 3.40. The van der Waals surface area contributed by atoms with E-state index >= 15 is 0 Å². The largest absolute Gasteiger partial charge is 0.301 e. The molecule has 1 fully saturated rings. The first-order valence-electron chi connectivity index (χ1n) is 4.05. The van der Waals surface area contributed by atoms with Crippen LogP contribution in [0.25, 0.3) is 0 Å². The summed E-state index contributed by atoms with van der Waals surface area (Å²) in [6.45, 7) is 9.07. The highest BCUT2D eigenvalue weighted by molar-refractivity contribution is 4.77. The molecule has 0 spiro atoms. The quantitative estimate of drug-likeness (QED) is 0.569. The maximum Gasteiger partial charge on any atom is 0.0577 e. The summed E-state index contributed by atoms with van der Waals surface area (Å²) in [5.41, 5.74) is 0.439. The fraction of sp³-hybridized carbons (Fsp3) is 1.00. The van der Waals surface area contributed by atoms with Crippen LogP contribution in [-0.2, 0) is 0 Å². The Labute approximate surface area is 63.4 Å². The second kappa shape index (κ2) is 2.89. The first-order chi connectivity index (χ1) is 4.58. The molecule has 60 valence electrons. The van der Waals surface area contributed by atoms with Gasteiger partial charge in [0.05, 0.1) is 6.17 Å². The summed E-state index contributed by atoms with van der Waals surface area (Å²) in [5.74, 6) is 0. The van der Waals surface area contributed by atoms with Gasteiger partial charge in [-0.25, -0.2) is 0 Å². The Morgan fingerprint density at radius 2 is 1.70 bits per heavy atom. The van der Waals surface area contributed by atoms with Crippen molar-refractivity contribution in [1.29, 1.82) is 0 Å². The van der Waals surface area contributed by atoms with Crippen molar-refractivity contribution in [1.82, 2.24) is 10.6 Å². The van der Waals surface area contributed by atoms with E-state index in [0.29, 0.717) is 11.6 Å². The van der Waals surface area contributed by atoms with Gasteiger partial charge in [-0.1, -0.05) is 20.8 Å². The molecule has 0 amide bonds. The highest BCUT2D eigenvalue weighted by Crippen LogP contribution is 2.20. The molecule has 0 atom stereocenters. The van der Waals surface area contributed by atoms with Gasteiger partial charge >= 0.3 is 0 Å². The Hall–Kier alpha value is -0.0800. The SMILES string of the molecule is CC(C)(C)CC1NCCN1. The van der Waals surface area contributed by atoms with Crippen LogP contribution in [0.15, 0.2) is 0 Å². The van der Waals surface area contributed by atoms with Gasteiger partial charge < -0.3 is 10.6 Å². The lowest BCUT2D eigenvalue weighted by Crippen LogP contribution is -2.34. The summed E-state index contributed by atoms with van der Waals surface area (Å²) >= 11 is 0. The van der Waals surface area contributed by atoms with E-state index in [-0.39, 0.29) is 0 Å². The third kappa shape index (κ3) is 2.67. The van der Waals surface area contributed by atoms with Crippen LogP contribution < -0.4 is 10.6 Å². The monoisotopic (exact) mass is 142 g/mol. The van der Waals surface area contributed by atoms with Crippen molar-refractivity contribution in [2.24, 2.45) is 5.41 Å². The fourth-order valence-corrected chi connectivity index (χ4v) is 1.32. The van der Waals surface area contributed by atoms with Gasteiger partial charge in [0.1, 0.15) is 0 Å². The molecule has 0 bridgehead atoms. The molecule has 0 aromatic rings. The zero-order valence-electron chi connectivity index (χ0n) is 7.20. The van der Waals surface area contributed by atoms with Crippen LogP contribution in [0.5, 0.6) is 0 Å². The number of nitrogens with one attached hydrogen (secondary N) is 2. The minimum Gasteiger partial charge on any atom is -0.301 e. The smallest absolute Gasteiger partial charge is 0.0577 e. The molecule has 1 aliphatic heterocycles. The third-order valence-corrected chi connectivity index (χ3v) is 1.72. The summed E-state index contributed by atoms with van der Waals surface area (Å²) in [4.78, 5) is 0. The van der Waals surface area contributed by atoms with E-state index in [4.69, 9.17) is 0 Å². The predicted molar refractivity (Wildman–Crippen MR) is 43.9 cm³/mol. The third-order valence-electron chi connectivity index (χ3n) is 1.72. The summed E-state index contributed by atoms with van der Waals surface area (Å²) < 4.78 is 0. The van der Waals surface area contributed by atoms with E-state index in [9.17, 15) is 0 Å². The molecule has 2 N–H and O–H groups in total. The lowest BCUT2D eigenvalue weighted by Gasteiger charge is -2.22. The van der Waals surface area contributed by atoms with Crippen molar-refractivity contribution in [3.8, 4) is 0 Å². The topological polar surface area (TPSA) is 24.1 Å². The van der Waals surface area contributed by atoms with Gasteiger partial charge in [-0.05, 0) is 11.8 Å². The van der Waals surface area contributed by atoms with Crippen LogP contribution in [0.4, 0.5) is 0 Å². The van der Waals surface area contributed by atoms with Crippen molar-refractivity contribution in [3.63, 3.8) is 0 Å². The molecule has 0 aliphatic carbocycles. The Morgan fingerprint density at radius 3 is 2.10 bits per heavy atom. The minimum absolute atomic E-state index is 0.439. The highest BCUT2D eigenvalue weighted by atomic mass is 15.2. The van der Waals surface area contributed by atoms with Crippen molar-refractivity contribution in [2.75, 3.05) is 13.1 Å². The van der Waals surface area contributed by atoms with Crippen LogP contribution >= 0.6 is 0 Å². The van der Waals surface area contributed by atoms with Crippen LogP contribution in [0.2, 0.25) is 0 Å². The molecule has 0 saturated carbocycles. The van der Waals surface area contributed by atoms with E-state index < -0.39 is 0 Å². The Kier molecular flexibility index (Phi) is 2.32. The summed E-state index contributed by atoms with van der Waals surface area (Å²) in [7, 11) is 0. The average Bonchev–Trinajstić information content (AvgIpc) is 2.12. The van der Waals surface area contributed by atoms with Gasteiger partial charge in [0.2, 0.25) is 0 Å². The summed E-state index contributed by atoms with van der Waals surface area (Å²) in [5, 5.41) is 6.80. The number of rotatable bonds is 1. The van der Waals surface area contributed by atoms with E-state index in [2.05, 4.69) is 31.4 Å². The minimum atomic E-state index is 0.439. The van der Waals surface area contributed by atoms with Gasteiger partial charge in [-0.2, -0.15) is 0 Å². The molecule has 1 heterocycles. The first kappa shape index (κ1) is 8.02. The maximum absolute atomic E-state index is 3.40. The molecule has 1 rings (SSSR count). The Morgan fingerprint density at radius 1 is 1.20 bits per heavy atom. The van der Waals surface area contributed by atoms with Crippen LogP contribution in [0, 0.1) is 5.41 Å². The van der Waals surface area contributed by atoms with Gasteiger partial charge in [0, 0.05) is 13.1 Å². The molecule has 10 heavy (non-hydrogen) atoms. The summed E-state index contributed by atoms with van der Waals surface area (Å²) in [6.07, 6.45) is 1.77. The van der Waals surface area contributed by atoms with Gasteiger partial charge in [0.15, 0.2) is 0 Å². The molecule has 2 nitrogen and oxygen atoms in total. The molecule has 0 unspecified atom stereocenters. The molecular formula is C8H18N2. The number of hydrogen-bond donors (Lipinski definition) is 2. The predicted octanol–water partition coefficient (Wildman–Crippen LogP) is 0.942. The highest BCUT2D eigenvalue weighted by Gasteiger charge is 2.20. The zero-order chi connectivity index (χ0) is 7.61. The first-order valence-corrected chi connectivity index (χ1v) is 4.05. The van der Waals surface area contributed by atoms with E-state index in [1.165, 1.54) is 6.42 Å². The van der Waals surface area contributed by atoms with Crippen molar-refractivity contribution in [3.05, 3.63) is 0 Å². The zero-order valence-corrected chi connectivity index (χ0v) is 7.20. The lowest BCUT2D eigenvalue weighted by atomic mass is 9.91. The van der Waals surface area contributed by atoms with Crippen LogP contribution in [0.3, 0.4) is 0 Å². The molecule has 1 aliphatic rings. The van der Waals surface area contributed by atoms with E-state index in [1.807, 2.05) is 0 Å². The lowest BCUT2D eigenvalue weighted by molar-refractivity contribution is 0.311. The second-order valence-corrected chi connectivity index (χ2v) is 4.23. The van der Waals surface area contributed by atoms with Gasteiger partial charge in [-0.15, -0.1) is 0 Å². The van der Waals surface area contributed by atoms with E-state index in [0.717, 1.165) is 13.1 Å². The second-order valence-electron chi connectivity index (χ2n) is 4.23. The molecular weight excluding hydrogens is 124 g/mol. The number of hydrogen-bond acceptors (Lipinski definition) is 2. The van der Waals surface area contributed by atoms with Gasteiger partial charge in [-0.3, -0.25) is 0 Å². The fourth-order valence-electron chi connectivity index (χ4n) is 1.32. The molecule has 0 aromatic carbocycles. The van der Waals surface area contributed by atoms with Crippen molar-refractivity contribution in [2.45, 2.75) is 33.4 Å². The Balaban J connectivity index is 2.24. The molecule has 0 aromatic heterocycles. The van der Waals surface area contributed by atoms with Gasteiger partial charge in [0.25, 0.3) is 0 Å². The molecule has 1 saturated heterocycles. The van der Waals surface area contributed by atoms with Crippen LogP contribution in [-0.4, -0.2) is 19.3 Å². The van der Waals surface area contributed by atoms with Crippen molar-refractivity contribution >= 4 is 0 Å². The summed E-state index contributed by atoms with van der Waals surface area (Å²) in [6, 6.07) is 0. The molecule has 2 heteroatoms. The normalized spacial score (nSPS) is 21.9. The Bertz CT molecular complexity index is 98.3.